The van der Waals surface area contributed by atoms with Gasteiger partial charge in [0.2, 0.25) is 0 Å². The minimum absolute atomic E-state index is 0.0723. The SMILES string of the molecule is COC(=O)c1ccc2c(c1)N(c1cccc(Cl)c1)C(=O)CO2. The predicted octanol–water partition coefficient (Wildman–Crippen LogP) is 3.18. The monoisotopic (exact) mass is 317 g/mol. The van der Waals surface area contributed by atoms with Crippen molar-refractivity contribution < 1.29 is 19.1 Å². The molecule has 0 spiro atoms. The molecule has 0 atom stereocenters. The molecule has 0 radical (unpaired) electrons. The fourth-order valence-corrected chi connectivity index (χ4v) is 2.48. The van der Waals surface area contributed by atoms with Gasteiger partial charge in [-0.2, -0.15) is 0 Å². The van der Waals surface area contributed by atoms with Crippen molar-refractivity contribution in [3.8, 4) is 5.75 Å². The van der Waals surface area contributed by atoms with Gasteiger partial charge in [-0.1, -0.05) is 17.7 Å². The number of hydrogen-bond donors (Lipinski definition) is 0. The van der Waals surface area contributed by atoms with Crippen LogP contribution < -0.4 is 9.64 Å². The van der Waals surface area contributed by atoms with Gasteiger partial charge < -0.3 is 9.47 Å². The Labute approximate surface area is 132 Å². The van der Waals surface area contributed by atoms with Gasteiger partial charge in [0.1, 0.15) is 5.75 Å². The maximum absolute atomic E-state index is 12.3. The van der Waals surface area contributed by atoms with E-state index < -0.39 is 5.97 Å². The van der Waals surface area contributed by atoms with E-state index in [-0.39, 0.29) is 12.5 Å². The molecule has 1 aliphatic heterocycles. The second-order valence-corrected chi connectivity index (χ2v) is 5.11. The predicted molar refractivity (Wildman–Crippen MR) is 81.9 cm³/mol. The van der Waals surface area contributed by atoms with Crippen LogP contribution in [-0.4, -0.2) is 25.6 Å². The van der Waals surface area contributed by atoms with Crippen molar-refractivity contribution in [2.45, 2.75) is 0 Å². The first-order valence-electron chi connectivity index (χ1n) is 6.54. The number of carbonyl (C=O) groups is 2. The zero-order chi connectivity index (χ0) is 15.7. The van der Waals surface area contributed by atoms with Crippen LogP contribution in [0.25, 0.3) is 0 Å². The fraction of sp³-hybridized carbons (Fsp3) is 0.125. The molecule has 1 heterocycles. The standard InChI is InChI=1S/C16H12ClNO4/c1-21-16(20)10-5-6-14-13(7-10)18(15(19)9-22-14)12-4-2-3-11(17)8-12/h2-8H,9H2,1H3. The Morgan fingerprint density at radius 1 is 1.27 bits per heavy atom. The van der Waals surface area contributed by atoms with Crippen molar-refractivity contribution in [2.75, 3.05) is 18.6 Å². The Balaban J connectivity index is 2.13. The Morgan fingerprint density at radius 3 is 2.82 bits per heavy atom. The highest BCUT2D eigenvalue weighted by Crippen LogP contribution is 2.38. The first kappa shape index (κ1) is 14.4. The van der Waals surface area contributed by atoms with Gasteiger partial charge in [-0.15, -0.1) is 0 Å². The number of esters is 1. The number of benzene rings is 2. The lowest BCUT2D eigenvalue weighted by atomic mass is 10.1. The van der Waals surface area contributed by atoms with Gasteiger partial charge >= 0.3 is 5.97 Å². The Kier molecular flexibility index (Phi) is 3.73. The van der Waals surface area contributed by atoms with Crippen molar-refractivity contribution in [1.82, 2.24) is 0 Å². The van der Waals surface area contributed by atoms with Crippen molar-refractivity contribution in [1.29, 1.82) is 0 Å². The molecule has 1 amide bonds. The molecule has 0 saturated heterocycles. The van der Waals surface area contributed by atoms with Crippen molar-refractivity contribution in [3.05, 3.63) is 53.1 Å². The first-order chi connectivity index (χ1) is 10.6. The third-order valence-corrected chi connectivity index (χ3v) is 3.52. The molecule has 0 N–H and O–H groups in total. The van der Waals surface area contributed by atoms with E-state index in [1.54, 1.807) is 42.5 Å². The number of ether oxygens (including phenoxy) is 2. The van der Waals surface area contributed by atoms with Crippen LogP contribution in [0, 0.1) is 0 Å². The van der Waals surface area contributed by atoms with E-state index >= 15 is 0 Å². The van der Waals surface area contributed by atoms with Gasteiger partial charge in [0.15, 0.2) is 6.61 Å². The van der Waals surface area contributed by atoms with Crippen LogP contribution in [0.1, 0.15) is 10.4 Å². The molecule has 0 aliphatic carbocycles. The van der Waals surface area contributed by atoms with E-state index in [0.717, 1.165) is 0 Å². The number of halogens is 1. The second kappa shape index (κ2) is 5.69. The maximum Gasteiger partial charge on any atom is 0.337 e. The number of carbonyl (C=O) groups excluding carboxylic acids is 2. The minimum Gasteiger partial charge on any atom is -0.482 e. The van der Waals surface area contributed by atoms with Crippen LogP contribution >= 0.6 is 11.6 Å². The molecule has 6 heteroatoms. The molecule has 3 rings (SSSR count). The summed E-state index contributed by atoms with van der Waals surface area (Å²) in [7, 11) is 1.30. The Bertz CT molecular complexity index is 760. The lowest BCUT2D eigenvalue weighted by Gasteiger charge is -2.29. The van der Waals surface area contributed by atoms with Gasteiger partial charge in [0.05, 0.1) is 24.0 Å². The van der Waals surface area contributed by atoms with E-state index in [2.05, 4.69) is 0 Å². The van der Waals surface area contributed by atoms with Gasteiger partial charge in [-0.25, -0.2) is 4.79 Å². The molecule has 2 aromatic carbocycles. The summed E-state index contributed by atoms with van der Waals surface area (Å²) in [4.78, 5) is 25.4. The molecule has 2 aromatic rings. The summed E-state index contributed by atoms with van der Waals surface area (Å²) in [6, 6.07) is 11.7. The highest BCUT2D eigenvalue weighted by Gasteiger charge is 2.28. The number of rotatable bonds is 2. The second-order valence-electron chi connectivity index (χ2n) is 4.67. The van der Waals surface area contributed by atoms with Gasteiger partial charge in [-0.05, 0) is 36.4 Å². The molecule has 0 bridgehead atoms. The lowest BCUT2D eigenvalue weighted by molar-refractivity contribution is -0.120. The van der Waals surface area contributed by atoms with Crippen molar-refractivity contribution >= 4 is 34.9 Å². The van der Waals surface area contributed by atoms with E-state index in [1.807, 2.05) is 0 Å². The lowest BCUT2D eigenvalue weighted by Crippen LogP contribution is -2.35. The molecule has 5 nitrogen and oxygen atoms in total. The third-order valence-electron chi connectivity index (χ3n) is 3.29. The van der Waals surface area contributed by atoms with Crippen LogP contribution in [0.15, 0.2) is 42.5 Å². The number of fused-ring (bicyclic) bond motifs is 1. The van der Waals surface area contributed by atoms with E-state index in [4.69, 9.17) is 21.1 Å². The summed E-state index contributed by atoms with van der Waals surface area (Å²) in [5.41, 5.74) is 1.44. The molecule has 0 fully saturated rings. The Hall–Kier alpha value is -2.53. The largest absolute Gasteiger partial charge is 0.482 e. The maximum atomic E-state index is 12.3. The highest BCUT2D eigenvalue weighted by molar-refractivity contribution is 6.31. The minimum atomic E-state index is -0.480. The van der Waals surface area contributed by atoms with Crippen LogP contribution in [0.3, 0.4) is 0 Å². The fourth-order valence-electron chi connectivity index (χ4n) is 2.30. The number of methoxy groups -OCH3 is 1. The molecule has 0 saturated carbocycles. The van der Waals surface area contributed by atoms with Gasteiger partial charge in [0.25, 0.3) is 5.91 Å². The zero-order valence-electron chi connectivity index (χ0n) is 11.7. The highest BCUT2D eigenvalue weighted by atomic mass is 35.5. The van der Waals surface area contributed by atoms with Gasteiger partial charge in [-0.3, -0.25) is 9.69 Å². The molecular weight excluding hydrogens is 306 g/mol. The molecule has 22 heavy (non-hydrogen) atoms. The van der Waals surface area contributed by atoms with Gasteiger partial charge in [0, 0.05) is 5.02 Å². The molecule has 0 aromatic heterocycles. The summed E-state index contributed by atoms with van der Waals surface area (Å²) in [5.74, 6) is -0.198. The Morgan fingerprint density at radius 2 is 2.09 bits per heavy atom. The molecule has 1 aliphatic rings. The first-order valence-corrected chi connectivity index (χ1v) is 6.91. The van der Waals surface area contributed by atoms with Crippen molar-refractivity contribution in [3.63, 3.8) is 0 Å². The summed E-state index contributed by atoms with van der Waals surface area (Å²) >= 11 is 6.00. The quantitative estimate of drug-likeness (QED) is 0.798. The van der Waals surface area contributed by atoms with E-state index in [9.17, 15) is 9.59 Å². The summed E-state index contributed by atoms with van der Waals surface area (Å²) in [6.07, 6.45) is 0. The van der Waals surface area contributed by atoms with Crippen LogP contribution in [0.4, 0.5) is 11.4 Å². The van der Waals surface area contributed by atoms with Crippen LogP contribution in [-0.2, 0) is 9.53 Å². The average Bonchev–Trinajstić information content (AvgIpc) is 2.53. The van der Waals surface area contributed by atoms with E-state index in [1.165, 1.54) is 12.0 Å². The molecule has 0 unspecified atom stereocenters. The number of nitrogens with zero attached hydrogens (tertiary/aromatic N) is 1. The topological polar surface area (TPSA) is 55.8 Å². The summed E-state index contributed by atoms with van der Waals surface area (Å²) < 4.78 is 10.1. The molecular formula is C16H12ClNO4. The summed E-state index contributed by atoms with van der Waals surface area (Å²) in [6.45, 7) is -0.0723. The average molecular weight is 318 g/mol. The normalized spacial score (nSPS) is 13.4. The zero-order valence-corrected chi connectivity index (χ0v) is 12.5. The third kappa shape index (κ3) is 2.51. The number of amides is 1. The van der Waals surface area contributed by atoms with Crippen molar-refractivity contribution in [2.24, 2.45) is 0 Å². The molecule has 112 valence electrons. The number of anilines is 2. The van der Waals surface area contributed by atoms with Crippen LogP contribution in [0.2, 0.25) is 5.02 Å². The van der Waals surface area contributed by atoms with E-state index in [0.29, 0.717) is 27.7 Å². The van der Waals surface area contributed by atoms with Crippen LogP contribution in [0.5, 0.6) is 5.75 Å². The number of hydrogen-bond acceptors (Lipinski definition) is 4. The summed E-state index contributed by atoms with van der Waals surface area (Å²) in [5, 5.41) is 0.516. The smallest absolute Gasteiger partial charge is 0.337 e.